The van der Waals surface area contributed by atoms with E-state index in [1.807, 2.05) is 41.9 Å². The Bertz CT molecular complexity index is 659. The van der Waals surface area contributed by atoms with Crippen LogP contribution in [-0.4, -0.2) is 15.1 Å². The van der Waals surface area contributed by atoms with Crippen molar-refractivity contribution in [3.05, 3.63) is 59.9 Å². The summed E-state index contributed by atoms with van der Waals surface area (Å²) in [5.74, 6) is 2.06. The average Bonchev–Trinajstić information content (AvgIpc) is 2.60. The molecule has 0 aliphatic carbocycles. The summed E-state index contributed by atoms with van der Waals surface area (Å²) in [7, 11) is 0. The zero-order chi connectivity index (χ0) is 18.1. The van der Waals surface area contributed by atoms with Gasteiger partial charge >= 0.3 is 0 Å². The van der Waals surface area contributed by atoms with Crippen LogP contribution in [0.15, 0.2) is 53.8 Å². The van der Waals surface area contributed by atoms with Crippen LogP contribution in [0.5, 0.6) is 0 Å². The lowest BCUT2D eigenvalue weighted by Gasteiger charge is -2.19. The number of aromatic nitrogens is 1. The topological polar surface area (TPSA) is 25.2 Å². The maximum Gasteiger partial charge on any atom is 0.130 e. The molecule has 2 rings (SSSR count). The predicted molar refractivity (Wildman–Crippen MR) is 115 cm³/mol. The van der Waals surface area contributed by atoms with Gasteiger partial charge in [0.15, 0.2) is 0 Å². The predicted octanol–water partition coefficient (Wildman–Crippen LogP) is 6.83. The lowest BCUT2D eigenvalue weighted by atomic mass is 9.87. The number of aliphatic imine (C=N–C) groups is 1. The van der Waals surface area contributed by atoms with Crippen LogP contribution >= 0.6 is 23.5 Å². The van der Waals surface area contributed by atoms with Gasteiger partial charge in [0.25, 0.3) is 0 Å². The van der Waals surface area contributed by atoms with E-state index in [9.17, 15) is 0 Å². The maximum absolute atomic E-state index is 4.78. The summed E-state index contributed by atoms with van der Waals surface area (Å²) in [5.41, 5.74) is 3.85. The lowest BCUT2D eigenvalue weighted by molar-refractivity contribution is 0.590. The third kappa shape index (κ3) is 7.25. The molecular formula is C21H28N2S2. The molecule has 0 bridgehead atoms. The van der Waals surface area contributed by atoms with Gasteiger partial charge in [0.2, 0.25) is 0 Å². The first-order valence-corrected chi connectivity index (χ1v) is 10.8. The summed E-state index contributed by atoms with van der Waals surface area (Å²) in [6.45, 7) is 8.97. The standard InChI is InChI=1S/C21H28N2S2/c1-5-6-14-24-20(23-19-8-7-13-22-15-19)25-16-17-9-11-18(12-10-17)21(2,3)4/h7-13,15H,5-6,14,16H2,1-4H3/b23-20+. The molecule has 0 saturated carbocycles. The smallest absolute Gasteiger partial charge is 0.130 e. The van der Waals surface area contributed by atoms with Crippen LogP contribution in [-0.2, 0) is 11.2 Å². The second-order valence-electron chi connectivity index (χ2n) is 7.03. The molecule has 25 heavy (non-hydrogen) atoms. The monoisotopic (exact) mass is 372 g/mol. The van der Waals surface area contributed by atoms with Crippen molar-refractivity contribution in [3.8, 4) is 0 Å². The van der Waals surface area contributed by atoms with E-state index in [1.165, 1.54) is 24.0 Å². The molecule has 0 aliphatic heterocycles. The van der Waals surface area contributed by atoms with Gasteiger partial charge < -0.3 is 0 Å². The molecule has 0 N–H and O–H groups in total. The highest BCUT2D eigenvalue weighted by atomic mass is 32.2. The van der Waals surface area contributed by atoms with Gasteiger partial charge in [-0.3, -0.25) is 4.98 Å². The van der Waals surface area contributed by atoms with E-state index < -0.39 is 0 Å². The van der Waals surface area contributed by atoms with Crippen LogP contribution in [0.4, 0.5) is 5.69 Å². The Hall–Kier alpha value is -1.26. The van der Waals surface area contributed by atoms with E-state index in [2.05, 4.69) is 56.9 Å². The molecule has 0 fully saturated rings. The van der Waals surface area contributed by atoms with E-state index >= 15 is 0 Å². The Labute approximate surface area is 160 Å². The Morgan fingerprint density at radius 3 is 2.44 bits per heavy atom. The van der Waals surface area contributed by atoms with Crippen molar-refractivity contribution in [3.63, 3.8) is 0 Å². The molecule has 2 nitrogen and oxygen atoms in total. The first kappa shape index (κ1) is 20.1. The lowest BCUT2D eigenvalue weighted by Crippen LogP contribution is -2.10. The number of rotatable bonds is 6. The molecule has 134 valence electrons. The number of benzene rings is 1. The summed E-state index contributed by atoms with van der Waals surface area (Å²) in [6, 6.07) is 12.9. The van der Waals surface area contributed by atoms with Crippen molar-refractivity contribution >= 4 is 33.6 Å². The Morgan fingerprint density at radius 1 is 1.08 bits per heavy atom. The number of thioether (sulfide) groups is 2. The quantitative estimate of drug-likeness (QED) is 0.315. The highest BCUT2D eigenvalue weighted by molar-refractivity contribution is 8.38. The second-order valence-corrected chi connectivity index (χ2v) is 9.33. The van der Waals surface area contributed by atoms with Gasteiger partial charge in [-0.25, -0.2) is 4.99 Å². The van der Waals surface area contributed by atoms with Crippen LogP contribution in [0, 0.1) is 0 Å². The summed E-state index contributed by atoms with van der Waals surface area (Å²) in [6.07, 6.45) is 6.04. The van der Waals surface area contributed by atoms with Crippen molar-refractivity contribution in [2.24, 2.45) is 4.99 Å². The van der Waals surface area contributed by atoms with Crippen molar-refractivity contribution in [1.82, 2.24) is 4.98 Å². The SMILES string of the molecule is CCCCS/C(=N\c1cccnc1)SCc1ccc(C(C)(C)C)cc1. The van der Waals surface area contributed by atoms with Crippen LogP contribution in [0.2, 0.25) is 0 Å². The summed E-state index contributed by atoms with van der Waals surface area (Å²) < 4.78 is 1.13. The van der Waals surface area contributed by atoms with Gasteiger partial charge in [-0.1, -0.05) is 81.9 Å². The van der Waals surface area contributed by atoms with Crippen LogP contribution < -0.4 is 0 Å². The molecule has 0 atom stereocenters. The molecular weight excluding hydrogens is 344 g/mol. The molecule has 0 amide bonds. The fourth-order valence-corrected chi connectivity index (χ4v) is 4.37. The number of unbranched alkanes of at least 4 members (excludes halogenated alkanes) is 1. The summed E-state index contributed by atoms with van der Waals surface area (Å²) in [5, 5.41) is 0. The molecule has 0 spiro atoms. The fourth-order valence-electron chi connectivity index (χ4n) is 2.18. The Morgan fingerprint density at radius 2 is 1.84 bits per heavy atom. The Balaban J connectivity index is 2.02. The van der Waals surface area contributed by atoms with Crippen LogP contribution in [0.3, 0.4) is 0 Å². The maximum atomic E-state index is 4.78. The van der Waals surface area contributed by atoms with E-state index in [-0.39, 0.29) is 5.41 Å². The summed E-state index contributed by atoms with van der Waals surface area (Å²) in [4.78, 5) is 8.94. The van der Waals surface area contributed by atoms with Crippen LogP contribution in [0.1, 0.15) is 51.7 Å². The number of pyridine rings is 1. The van der Waals surface area contributed by atoms with Crippen molar-refractivity contribution in [2.75, 3.05) is 5.75 Å². The van der Waals surface area contributed by atoms with Gasteiger partial charge in [0.05, 0.1) is 11.9 Å². The first-order valence-electron chi connectivity index (χ1n) is 8.83. The first-order chi connectivity index (χ1) is 12.0. The highest BCUT2D eigenvalue weighted by Crippen LogP contribution is 2.27. The van der Waals surface area contributed by atoms with Gasteiger partial charge in [0, 0.05) is 11.9 Å². The highest BCUT2D eigenvalue weighted by Gasteiger charge is 2.13. The van der Waals surface area contributed by atoms with Crippen molar-refractivity contribution in [1.29, 1.82) is 0 Å². The molecule has 0 aliphatic rings. The largest absolute Gasteiger partial charge is 0.262 e. The van der Waals surface area contributed by atoms with E-state index in [0.29, 0.717) is 0 Å². The minimum Gasteiger partial charge on any atom is -0.262 e. The molecule has 0 saturated heterocycles. The molecule has 0 radical (unpaired) electrons. The second kappa shape index (κ2) is 10.0. The zero-order valence-corrected chi connectivity index (χ0v) is 17.3. The van der Waals surface area contributed by atoms with Gasteiger partial charge in [0.1, 0.15) is 4.38 Å². The average molecular weight is 373 g/mol. The van der Waals surface area contributed by atoms with Gasteiger partial charge in [-0.2, -0.15) is 0 Å². The third-order valence-corrected chi connectivity index (χ3v) is 6.13. The normalized spacial score (nSPS) is 12.4. The minimum atomic E-state index is 0.203. The number of hydrogen-bond donors (Lipinski definition) is 0. The number of hydrogen-bond acceptors (Lipinski definition) is 4. The van der Waals surface area contributed by atoms with Crippen molar-refractivity contribution < 1.29 is 0 Å². The molecule has 1 aromatic carbocycles. The molecule has 1 aromatic heterocycles. The number of nitrogens with zero attached hydrogens (tertiary/aromatic N) is 2. The van der Waals surface area contributed by atoms with Gasteiger partial charge in [-0.05, 0) is 40.8 Å². The molecule has 4 heteroatoms. The van der Waals surface area contributed by atoms with Gasteiger partial charge in [-0.15, -0.1) is 0 Å². The van der Waals surface area contributed by atoms with Crippen molar-refractivity contribution in [2.45, 2.75) is 51.7 Å². The third-order valence-electron chi connectivity index (χ3n) is 3.77. The summed E-state index contributed by atoms with van der Waals surface area (Å²) >= 11 is 3.67. The van der Waals surface area contributed by atoms with Crippen LogP contribution in [0.25, 0.3) is 0 Å². The molecule has 0 unspecified atom stereocenters. The van der Waals surface area contributed by atoms with E-state index in [4.69, 9.17) is 4.99 Å². The zero-order valence-electron chi connectivity index (χ0n) is 15.7. The minimum absolute atomic E-state index is 0.203. The molecule has 1 heterocycles. The Kier molecular flexibility index (Phi) is 8.04. The van der Waals surface area contributed by atoms with E-state index in [1.54, 1.807) is 6.20 Å². The fraction of sp³-hybridized carbons (Fsp3) is 0.429. The molecule has 2 aromatic rings. The van der Waals surface area contributed by atoms with E-state index in [0.717, 1.165) is 21.6 Å².